The lowest BCUT2D eigenvalue weighted by Crippen LogP contribution is -2.12. The highest BCUT2D eigenvalue weighted by Crippen LogP contribution is 2.34. The van der Waals surface area contributed by atoms with Crippen LogP contribution in [0, 0.1) is 13.8 Å². The zero-order valence-electron chi connectivity index (χ0n) is 15.1. The summed E-state index contributed by atoms with van der Waals surface area (Å²) in [5.41, 5.74) is 4.93. The van der Waals surface area contributed by atoms with Crippen molar-refractivity contribution in [2.75, 3.05) is 5.32 Å². The number of hydrogen-bond donors (Lipinski definition) is 1. The van der Waals surface area contributed by atoms with Gasteiger partial charge in [0.05, 0.1) is 16.3 Å². The van der Waals surface area contributed by atoms with Crippen molar-refractivity contribution in [3.63, 3.8) is 0 Å². The first-order chi connectivity index (χ1) is 12.5. The molecule has 134 valence electrons. The van der Waals surface area contributed by atoms with Gasteiger partial charge in [-0.1, -0.05) is 54.8 Å². The minimum absolute atomic E-state index is 0.236. The molecule has 0 aliphatic heterocycles. The maximum absolute atomic E-state index is 12.5. The SMILES string of the molecule is CCCc1sc(NC(=O)c2ccccc2Cl)nc1-c1cc(C)ccc1C. The van der Waals surface area contributed by atoms with Gasteiger partial charge in [0.1, 0.15) is 0 Å². The Morgan fingerprint density at radius 2 is 1.96 bits per heavy atom. The van der Waals surface area contributed by atoms with E-state index in [2.05, 4.69) is 44.3 Å². The minimum atomic E-state index is -0.236. The van der Waals surface area contributed by atoms with Crippen molar-refractivity contribution in [3.05, 3.63) is 69.1 Å². The summed E-state index contributed by atoms with van der Waals surface area (Å²) >= 11 is 7.66. The fourth-order valence-electron chi connectivity index (χ4n) is 2.81. The number of hydrogen-bond acceptors (Lipinski definition) is 3. The van der Waals surface area contributed by atoms with Gasteiger partial charge < -0.3 is 0 Å². The molecule has 3 aromatic rings. The Kier molecular flexibility index (Phi) is 5.74. The van der Waals surface area contributed by atoms with Gasteiger partial charge in [0.25, 0.3) is 5.91 Å². The monoisotopic (exact) mass is 384 g/mol. The van der Waals surface area contributed by atoms with Gasteiger partial charge in [0.15, 0.2) is 5.13 Å². The Labute approximate surface area is 163 Å². The van der Waals surface area contributed by atoms with Gasteiger partial charge in [0, 0.05) is 10.4 Å². The van der Waals surface area contributed by atoms with Gasteiger partial charge in [0.2, 0.25) is 0 Å². The number of halogens is 1. The molecule has 1 aromatic heterocycles. The number of carbonyl (C=O) groups is 1. The number of nitrogens with one attached hydrogen (secondary N) is 1. The van der Waals surface area contributed by atoms with E-state index in [9.17, 15) is 4.79 Å². The molecule has 0 aliphatic carbocycles. The average molecular weight is 385 g/mol. The maximum Gasteiger partial charge on any atom is 0.258 e. The van der Waals surface area contributed by atoms with Crippen LogP contribution in [0.25, 0.3) is 11.3 Å². The van der Waals surface area contributed by atoms with Crippen LogP contribution < -0.4 is 5.32 Å². The third kappa shape index (κ3) is 3.97. The van der Waals surface area contributed by atoms with Gasteiger partial charge >= 0.3 is 0 Å². The van der Waals surface area contributed by atoms with Crippen LogP contribution in [-0.4, -0.2) is 10.9 Å². The van der Waals surface area contributed by atoms with E-state index < -0.39 is 0 Å². The summed E-state index contributed by atoms with van der Waals surface area (Å²) in [6.45, 7) is 6.31. The van der Waals surface area contributed by atoms with E-state index in [1.165, 1.54) is 27.3 Å². The molecule has 0 saturated heterocycles. The lowest BCUT2D eigenvalue weighted by molar-refractivity contribution is 0.102. The van der Waals surface area contributed by atoms with Gasteiger partial charge in [-0.3, -0.25) is 10.1 Å². The summed E-state index contributed by atoms with van der Waals surface area (Å²) < 4.78 is 0. The molecule has 0 radical (unpaired) electrons. The van der Waals surface area contributed by atoms with Gasteiger partial charge in [-0.25, -0.2) is 4.98 Å². The van der Waals surface area contributed by atoms with Crippen LogP contribution in [0.2, 0.25) is 5.02 Å². The van der Waals surface area contributed by atoms with E-state index in [-0.39, 0.29) is 5.91 Å². The van der Waals surface area contributed by atoms with Crippen LogP contribution in [0.3, 0.4) is 0 Å². The molecule has 5 heteroatoms. The smallest absolute Gasteiger partial charge is 0.258 e. The summed E-state index contributed by atoms with van der Waals surface area (Å²) in [6.07, 6.45) is 1.96. The fraction of sp³-hybridized carbons (Fsp3) is 0.238. The Balaban J connectivity index is 1.96. The zero-order chi connectivity index (χ0) is 18.7. The standard InChI is InChI=1S/C21H21ClN2OS/c1-4-7-18-19(16-12-13(2)10-11-14(16)3)23-21(26-18)24-20(25)15-8-5-6-9-17(15)22/h5-6,8-12H,4,7H2,1-3H3,(H,23,24,25). The van der Waals surface area contributed by atoms with Crippen LogP contribution in [-0.2, 0) is 6.42 Å². The molecule has 1 amide bonds. The van der Waals surface area contributed by atoms with Crippen molar-refractivity contribution in [2.24, 2.45) is 0 Å². The molecule has 3 rings (SSSR count). The number of benzene rings is 2. The Morgan fingerprint density at radius 1 is 1.19 bits per heavy atom. The van der Waals surface area contributed by atoms with Crippen LogP contribution in [0.5, 0.6) is 0 Å². The molecule has 26 heavy (non-hydrogen) atoms. The van der Waals surface area contributed by atoms with Gasteiger partial charge in [-0.2, -0.15) is 0 Å². The molecule has 0 unspecified atom stereocenters. The molecular weight excluding hydrogens is 364 g/mol. The van der Waals surface area contributed by atoms with E-state index in [0.717, 1.165) is 24.1 Å². The van der Waals surface area contributed by atoms with E-state index in [4.69, 9.17) is 16.6 Å². The molecule has 0 spiro atoms. The zero-order valence-corrected chi connectivity index (χ0v) is 16.7. The number of amides is 1. The van der Waals surface area contributed by atoms with Crippen molar-refractivity contribution in [3.8, 4) is 11.3 Å². The Morgan fingerprint density at radius 3 is 2.69 bits per heavy atom. The Hall–Kier alpha value is -2.17. The van der Waals surface area contributed by atoms with Crippen molar-refractivity contribution >= 4 is 34.0 Å². The summed E-state index contributed by atoms with van der Waals surface area (Å²) in [4.78, 5) is 18.5. The van der Waals surface area contributed by atoms with Crippen molar-refractivity contribution in [1.29, 1.82) is 0 Å². The molecule has 1 heterocycles. The first-order valence-electron chi connectivity index (χ1n) is 8.62. The van der Waals surface area contributed by atoms with Crippen molar-refractivity contribution < 1.29 is 4.79 Å². The number of carbonyl (C=O) groups excluding carboxylic acids is 1. The molecule has 0 bridgehead atoms. The minimum Gasteiger partial charge on any atom is -0.298 e. The second kappa shape index (κ2) is 8.02. The molecule has 1 N–H and O–H groups in total. The number of anilines is 1. The van der Waals surface area contributed by atoms with Gasteiger partial charge in [-0.05, 0) is 44.0 Å². The molecule has 0 fully saturated rings. The fourth-order valence-corrected chi connectivity index (χ4v) is 4.11. The maximum atomic E-state index is 12.5. The summed E-state index contributed by atoms with van der Waals surface area (Å²) in [6, 6.07) is 13.4. The predicted molar refractivity (Wildman–Crippen MR) is 110 cm³/mol. The first kappa shape index (κ1) is 18.6. The number of nitrogens with zero attached hydrogens (tertiary/aromatic N) is 1. The molecular formula is C21H21ClN2OS. The Bertz CT molecular complexity index is 949. The quantitative estimate of drug-likeness (QED) is 0.562. The van der Waals surface area contributed by atoms with E-state index in [0.29, 0.717) is 15.7 Å². The summed E-state index contributed by atoms with van der Waals surface area (Å²) in [5, 5.41) is 3.95. The lowest BCUT2D eigenvalue weighted by atomic mass is 10.0. The molecule has 0 aliphatic rings. The van der Waals surface area contributed by atoms with Crippen LogP contribution in [0.1, 0.15) is 39.7 Å². The number of aromatic nitrogens is 1. The van der Waals surface area contributed by atoms with E-state index >= 15 is 0 Å². The normalized spacial score (nSPS) is 10.8. The van der Waals surface area contributed by atoms with Crippen LogP contribution in [0.4, 0.5) is 5.13 Å². The number of aryl methyl sites for hydroxylation is 3. The van der Waals surface area contributed by atoms with Crippen LogP contribution in [0.15, 0.2) is 42.5 Å². The lowest BCUT2D eigenvalue weighted by Gasteiger charge is -2.06. The highest BCUT2D eigenvalue weighted by Gasteiger charge is 2.17. The highest BCUT2D eigenvalue weighted by molar-refractivity contribution is 7.16. The van der Waals surface area contributed by atoms with Crippen molar-refractivity contribution in [1.82, 2.24) is 4.98 Å². The molecule has 0 atom stereocenters. The number of rotatable bonds is 5. The third-order valence-corrected chi connectivity index (χ3v) is 5.52. The van der Waals surface area contributed by atoms with Crippen LogP contribution >= 0.6 is 22.9 Å². The summed E-state index contributed by atoms with van der Waals surface area (Å²) in [5.74, 6) is -0.236. The first-order valence-corrected chi connectivity index (χ1v) is 9.82. The topological polar surface area (TPSA) is 42.0 Å². The second-order valence-electron chi connectivity index (χ2n) is 6.29. The van der Waals surface area contributed by atoms with E-state index in [1.54, 1.807) is 24.3 Å². The summed E-state index contributed by atoms with van der Waals surface area (Å²) in [7, 11) is 0. The molecule has 0 saturated carbocycles. The molecule has 2 aromatic carbocycles. The predicted octanol–water partition coefficient (Wildman–Crippen LogP) is 6.29. The molecule has 3 nitrogen and oxygen atoms in total. The van der Waals surface area contributed by atoms with Gasteiger partial charge in [-0.15, -0.1) is 11.3 Å². The highest BCUT2D eigenvalue weighted by atomic mass is 35.5. The third-order valence-electron chi connectivity index (χ3n) is 4.16. The largest absolute Gasteiger partial charge is 0.298 e. The van der Waals surface area contributed by atoms with Crippen molar-refractivity contribution in [2.45, 2.75) is 33.6 Å². The second-order valence-corrected chi connectivity index (χ2v) is 7.78. The van der Waals surface area contributed by atoms with E-state index in [1.807, 2.05) is 0 Å². The number of thiazole rings is 1. The average Bonchev–Trinajstić information content (AvgIpc) is 3.00.